The monoisotopic (exact) mass is 316 g/mol. The maximum atomic E-state index is 12.1. The van der Waals surface area contributed by atoms with Crippen LogP contribution in [0.2, 0.25) is 0 Å². The smallest absolute Gasteiger partial charge is 0.279 e. The first kappa shape index (κ1) is 14.2. The summed E-state index contributed by atoms with van der Waals surface area (Å²) in [5, 5.41) is 15.3. The summed E-state index contributed by atoms with van der Waals surface area (Å²) in [6, 6.07) is 8.85. The molecule has 8 heteroatoms. The summed E-state index contributed by atoms with van der Waals surface area (Å²) in [5.74, 6) is 0.855. The van der Waals surface area contributed by atoms with Crippen LogP contribution in [0.4, 0.5) is 5.13 Å². The number of rotatable bonds is 4. The lowest BCUT2D eigenvalue weighted by Crippen LogP contribution is -2.11. The molecule has 3 aromatic rings. The summed E-state index contributed by atoms with van der Waals surface area (Å²) in [4.78, 5) is 12.1. The summed E-state index contributed by atoms with van der Waals surface area (Å²) in [6.45, 7) is 1.81. The zero-order valence-corrected chi connectivity index (χ0v) is 12.7. The molecule has 3 rings (SSSR count). The van der Waals surface area contributed by atoms with Gasteiger partial charge in [0.25, 0.3) is 5.91 Å². The van der Waals surface area contributed by atoms with Crippen LogP contribution in [0.15, 0.2) is 34.9 Å². The molecule has 112 valence electrons. The van der Waals surface area contributed by atoms with Gasteiger partial charge in [0, 0.05) is 11.6 Å². The average Bonchev–Trinajstić information content (AvgIpc) is 3.17. The van der Waals surface area contributed by atoms with Crippen LogP contribution < -0.4 is 10.1 Å². The minimum absolute atomic E-state index is 0.179. The molecule has 0 spiro atoms. The third-order valence-electron chi connectivity index (χ3n) is 2.86. The normalized spacial score (nSPS) is 10.5. The van der Waals surface area contributed by atoms with Crippen molar-refractivity contribution in [3.63, 3.8) is 0 Å². The Labute approximate surface area is 129 Å². The first-order valence-electron chi connectivity index (χ1n) is 6.38. The van der Waals surface area contributed by atoms with E-state index in [1.54, 1.807) is 13.2 Å². The van der Waals surface area contributed by atoms with E-state index in [0.29, 0.717) is 10.9 Å². The fourth-order valence-corrected chi connectivity index (χ4v) is 2.37. The minimum atomic E-state index is -0.389. The highest BCUT2D eigenvalue weighted by molar-refractivity contribution is 7.15. The summed E-state index contributed by atoms with van der Waals surface area (Å²) in [7, 11) is 1.60. The van der Waals surface area contributed by atoms with Gasteiger partial charge in [-0.3, -0.25) is 10.1 Å². The topological polar surface area (TPSA) is 90.1 Å². The molecule has 0 unspecified atom stereocenters. The van der Waals surface area contributed by atoms with Crippen LogP contribution in [-0.4, -0.2) is 28.4 Å². The second kappa shape index (κ2) is 5.94. The number of carbonyl (C=O) groups is 1. The molecule has 0 aliphatic carbocycles. The number of carbonyl (C=O) groups excluding carboxylic acids is 1. The van der Waals surface area contributed by atoms with Crippen molar-refractivity contribution in [2.45, 2.75) is 6.92 Å². The molecule has 0 atom stereocenters. The molecule has 0 fully saturated rings. The van der Waals surface area contributed by atoms with Gasteiger partial charge in [-0.15, -0.1) is 10.2 Å². The number of hydrogen-bond acceptors (Lipinski definition) is 7. The van der Waals surface area contributed by atoms with E-state index in [1.807, 2.05) is 31.2 Å². The molecule has 1 N–H and O–H groups in total. The van der Waals surface area contributed by atoms with E-state index in [9.17, 15) is 4.79 Å². The highest BCUT2D eigenvalue weighted by Gasteiger charge is 2.15. The second-order valence-corrected chi connectivity index (χ2v) is 5.57. The molecule has 0 radical (unpaired) electrons. The number of anilines is 1. The predicted molar refractivity (Wildman–Crippen MR) is 81.1 cm³/mol. The van der Waals surface area contributed by atoms with Gasteiger partial charge in [-0.05, 0) is 31.2 Å². The zero-order chi connectivity index (χ0) is 15.5. The Hall–Kier alpha value is -2.74. The SMILES string of the molecule is COc1ccc(-c2cc(C(=O)Nc3nnc(C)s3)no2)cc1. The van der Waals surface area contributed by atoms with Crippen molar-refractivity contribution in [1.29, 1.82) is 0 Å². The van der Waals surface area contributed by atoms with E-state index < -0.39 is 0 Å². The van der Waals surface area contributed by atoms with Crippen LogP contribution in [0.1, 0.15) is 15.5 Å². The van der Waals surface area contributed by atoms with Gasteiger partial charge in [-0.1, -0.05) is 16.5 Å². The van der Waals surface area contributed by atoms with E-state index in [2.05, 4.69) is 20.7 Å². The molecule has 1 amide bonds. The van der Waals surface area contributed by atoms with E-state index >= 15 is 0 Å². The Kier molecular flexibility index (Phi) is 3.84. The van der Waals surface area contributed by atoms with Crippen LogP contribution in [-0.2, 0) is 0 Å². The first-order chi connectivity index (χ1) is 10.7. The molecule has 22 heavy (non-hydrogen) atoms. The lowest BCUT2D eigenvalue weighted by atomic mass is 10.1. The zero-order valence-electron chi connectivity index (χ0n) is 11.9. The number of ether oxygens (including phenoxy) is 1. The van der Waals surface area contributed by atoms with Gasteiger partial charge >= 0.3 is 0 Å². The summed E-state index contributed by atoms with van der Waals surface area (Å²) in [6.07, 6.45) is 0. The number of hydrogen-bond donors (Lipinski definition) is 1. The third kappa shape index (κ3) is 2.96. The van der Waals surface area contributed by atoms with Crippen molar-refractivity contribution in [3.8, 4) is 17.1 Å². The molecular formula is C14H12N4O3S. The van der Waals surface area contributed by atoms with Gasteiger partial charge in [0.2, 0.25) is 5.13 Å². The van der Waals surface area contributed by atoms with Crippen molar-refractivity contribution in [1.82, 2.24) is 15.4 Å². The van der Waals surface area contributed by atoms with Crippen LogP contribution in [0, 0.1) is 6.92 Å². The van der Waals surface area contributed by atoms with E-state index in [0.717, 1.165) is 16.3 Å². The molecule has 2 aromatic heterocycles. The van der Waals surface area contributed by atoms with Crippen molar-refractivity contribution in [2.24, 2.45) is 0 Å². The summed E-state index contributed by atoms with van der Waals surface area (Å²) < 4.78 is 10.3. The highest BCUT2D eigenvalue weighted by Crippen LogP contribution is 2.23. The molecule has 0 aliphatic heterocycles. The lowest BCUT2D eigenvalue weighted by Gasteiger charge is -1.99. The van der Waals surface area contributed by atoms with Gasteiger partial charge in [-0.2, -0.15) is 0 Å². The Morgan fingerprint density at radius 3 is 2.68 bits per heavy atom. The van der Waals surface area contributed by atoms with Crippen LogP contribution in [0.3, 0.4) is 0 Å². The van der Waals surface area contributed by atoms with Crippen LogP contribution >= 0.6 is 11.3 Å². The number of nitrogens with one attached hydrogen (secondary N) is 1. The standard InChI is InChI=1S/C14H12N4O3S/c1-8-16-17-14(22-8)15-13(19)11-7-12(21-18-11)9-3-5-10(20-2)6-4-9/h3-7H,1-2H3,(H,15,17,19). The maximum Gasteiger partial charge on any atom is 0.279 e. The quantitative estimate of drug-likeness (QED) is 0.796. The van der Waals surface area contributed by atoms with E-state index in [-0.39, 0.29) is 11.6 Å². The van der Waals surface area contributed by atoms with Crippen molar-refractivity contribution < 1.29 is 14.1 Å². The Morgan fingerprint density at radius 1 is 1.27 bits per heavy atom. The molecular weight excluding hydrogens is 304 g/mol. The van der Waals surface area contributed by atoms with Gasteiger partial charge < -0.3 is 9.26 Å². The van der Waals surface area contributed by atoms with E-state index in [1.165, 1.54) is 11.3 Å². The average molecular weight is 316 g/mol. The van der Waals surface area contributed by atoms with Crippen molar-refractivity contribution in [2.75, 3.05) is 12.4 Å². The Morgan fingerprint density at radius 2 is 2.05 bits per heavy atom. The molecule has 7 nitrogen and oxygen atoms in total. The molecule has 0 aliphatic rings. The number of aromatic nitrogens is 3. The van der Waals surface area contributed by atoms with Gasteiger partial charge in [-0.25, -0.2) is 0 Å². The van der Waals surface area contributed by atoms with E-state index in [4.69, 9.17) is 9.26 Å². The maximum absolute atomic E-state index is 12.1. The van der Waals surface area contributed by atoms with Crippen LogP contribution in [0.5, 0.6) is 5.75 Å². The molecule has 1 aromatic carbocycles. The number of aryl methyl sites for hydroxylation is 1. The lowest BCUT2D eigenvalue weighted by molar-refractivity contribution is 0.101. The van der Waals surface area contributed by atoms with Gasteiger partial charge in [0.05, 0.1) is 7.11 Å². The van der Waals surface area contributed by atoms with Gasteiger partial charge in [0.1, 0.15) is 10.8 Å². The Balaban J connectivity index is 1.76. The number of methoxy groups -OCH3 is 1. The summed E-state index contributed by atoms with van der Waals surface area (Å²) in [5.41, 5.74) is 0.984. The highest BCUT2D eigenvalue weighted by atomic mass is 32.1. The Bertz CT molecular complexity index is 795. The van der Waals surface area contributed by atoms with Crippen molar-refractivity contribution >= 4 is 22.4 Å². The molecule has 0 saturated heterocycles. The second-order valence-electron chi connectivity index (χ2n) is 4.39. The van der Waals surface area contributed by atoms with Gasteiger partial charge in [0.15, 0.2) is 11.5 Å². The molecule has 0 bridgehead atoms. The third-order valence-corrected chi connectivity index (χ3v) is 3.62. The van der Waals surface area contributed by atoms with Crippen molar-refractivity contribution in [3.05, 3.63) is 41.0 Å². The number of amides is 1. The largest absolute Gasteiger partial charge is 0.497 e. The van der Waals surface area contributed by atoms with Crippen LogP contribution in [0.25, 0.3) is 11.3 Å². The fourth-order valence-electron chi connectivity index (χ4n) is 1.78. The minimum Gasteiger partial charge on any atom is -0.497 e. The number of nitrogens with zero attached hydrogens (tertiary/aromatic N) is 3. The summed E-state index contributed by atoms with van der Waals surface area (Å²) >= 11 is 1.29. The fraction of sp³-hybridized carbons (Fsp3) is 0.143. The number of benzene rings is 1. The first-order valence-corrected chi connectivity index (χ1v) is 7.20. The molecule has 2 heterocycles. The predicted octanol–water partition coefficient (Wildman–Crippen LogP) is 2.76. The molecule has 0 saturated carbocycles.